The first-order valence-corrected chi connectivity index (χ1v) is 4.40. The van der Waals surface area contributed by atoms with Gasteiger partial charge in [-0.25, -0.2) is 0 Å². The Balaban J connectivity index is 2.84. The summed E-state index contributed by atoms with van der Waals surface area (Å²) in [7, 11) is 0. The molecule has 0 aliphatic heterocycles. The normalized spacial score (nSPS) is 10.6. The summed E-state index contributed by atoms with van der Waals surface area (Å²) in [6, 6.07) is 11.1. The lowest BCUT2D eigenvalue weighted by Gasteiger charge is -1.98. The van der Waals surface area contributed by atoms with E-state index in [1.807, 2.05) is 31.2 Å². The molecule has 0 saturated heterocycles. The molecule has 2 aromatic rings. The average molecular weight is 176 g/mol. The van der Waals surface area contributed by atoms with Gasteiger partial charge in [0, 0.05) is 17.5 Å². The van der Waals surface area contributed by atoms with Crippen molar-refractivity contribution in [2.75, 3.05) is 0 Å². The smallest absolute Gasteiger partial charge is 0.167 e. The molecule has 0 atom stereocenters. The second kappa shape index (κ2) is 3.13. The molecule has 0 saturated carbocycles. The van der Waals surface area contributed by atoms with Gasteiger partial charge >= 0.3 is 5.95 Å². The van der Waals surface area contributed by atoms with Crippen LogP contribution in [0.25, 0.3) is 10.9 Å². The molecule has 1 aromatic carbocycles. The van der Waals surface area contributed by atoms with Crippen LogP contribution in [-0.4, -0.2) is 0 Å². The Kier molecular flexibility index (Phi) is 1.97. The maximum Gasteiger partial charge on any atom is 0.360 e. The summed E-state index contributed by atoms with van der Waals surface area (Å²) < 4.78 is 14.9. The molecule has 0 N–H and O–H groups in total. The number of para-hydroxylation sites is 1. The third kappa shape index (κ3) is 1.28. The van der Waals surface area contributed by atoms with Crippen LogP contribution in [-0.2, 0) is 6.54 Å². The van der Waals surface area contributed by atoms with E-state index in [-0.39, 0.29) is 5.95 Å². The van der Waals surface area contributed by atoms with E-state index in [4.69, 9.17) is 0 Å². The highest BCUT2D eigenvalue weighted by atomic mass is 19.1. The van der Waals surface area contributed by atoms with Crippen LogP contribution in [0.15, 0.2) is 36.4 Å². The van der Waals surface area contributed by atoms with Gasteiger partial charge in [-0.05, 0) is 19.1 Å². The van der Waals surface area contributed by atoms with Crippen molar-refractivity contribution >= 4 is 10.9 Å². The van der Waals surface area contributed by atoms with E-state index in [0.29, 0.717) is 6.54 Å². The van der Waals surface area contributed by atoms with E-state index in [0.717, 1.165) is 10.9 Å². The standard InChI is InChI=1S/C11H11FN/c1-2-13-10-6-4-3-5-9(10)7-8-11(13)12/h3-8H,2H2,1H3/q+1. The number of halogens is 1. The van der Waals surface area contributed by atoms with Crippen molar-refractivity contribution in [2.45, 2.75) is 13.5 Å². The Morgan fingerprint density at radius 2 is 1.92 bits per heavy atom. The van der Waals surface area contributed by atoms with E-state index < -0.39 is 0 Å². The van der Waals surface area contributed by atoms with E-state index in [9.17, 15) is 4.39 Å². The Morgan fingerprint density at radius 3 is 2.69 bits per heavy atom. The van der Waals surface area contributed by atoms with Crippen molar-refractivity contribution in [2.24, 2.45) is 0 Å². The fourth-order valence-electron chi connectivity index (χ4n) is 1.56. The molecule has 66 valence electrons. The predicted octanol–water partition coefficient (Wildman–Crippen LogP) is 2.29. The maximum absolute atomic E-state index is 13.3. The Hall–Kier alpha value is -1.44. The highest BCUT2D eigenvalue weighted by molar-refractivity contribution is 5.74. The van der Waals surface area contributed by atoms with Crippen LogP contribution in [0.4, 0.5) is 4.39 Å². The molecular formula is C11H11FN+. The molecule has 1 heterocycles. The summed E-state index contributed by atoms with van der Waals surface area (Å²) in [5.74, 6) is -0.179. The van der Waals surface area contributed by atoms with E-state index >= 15 is 0 Å². The minimum absolute atomic E-state index is 0.179. The Labute approximate surface area is 76.4 Å². The molecule has 0 amide bonds. The summed E-state index contributed by atoms with van der Waals surface area (Å²) >= 11 is 0. The van der Waals surface area contributed by atoms with Gasteiger partial charge in [0.25, 0.3) is 0 Å². The second-order valence-electron chi connectivity index (χ2n) is 2.96. The van der Waals surface area contributed by atoms with E-state index in [1.165, 1.54) is 6.07 Å². The van der Waals surface area contributed by atoms with Gasteiger partial charge in [0.15, 0.2) is 0 Å². The minimum Gasteiger partial charge on any atom is -0.167 e. The van der Waals surface area contributed by atoms with Crippen LogP contribution in [0.5, 0.6) is 0 Å². The van der Waals surface area contributed by atoms with Crippen LogP contribution in [0.2, 0.25) is 0 Å². The highest BCUT2D eigenvalue weighted by Gasteiger charge is 2.11. The topological polar surface area (TPSA) is 3.88 Å². The van der Waals surface area contributed by atoms with Gasteiger partial charge in [-0.1, -0.05) is 12.1 Å². The molecule has 1 aromatic heterocycles. The number of fused-ring (bicyclic) bond motifs is 1. The zero-order valence-corrected chi connectivity index (χ0v) is 7.50. The molecule has 0 aliphatic rings. The molecule has 2 heteroatoms. The summed E-state index contributed by atoms with van der Waals surface area (Å²) in [6.45, 7) is 2.60. The fraction of sp³-hybridized carbons (Fsp3) is 0.182. The number of hydrogen-bond acceptors (Lipinski definition) is 0. The molecule has 0 spiro atoms. The summed E-state index contributed by atoms with van der Waals surface area (Å²) in [6.07, 6.45) is 0. The van der Waals surface area contributed by atoms with Crippen molar-refractivity contribution in [1.82, 2.24) is 0 Å². The zero-order chi connectivity index (χ0) is 9.26. The molecule has 2 rings (SSSR count). The lowest BCUT2D eigenvalue weighted by Crippen LogP contribution is -2.37. The summed E-state index contributed by atoms with van der Waals surface area (Å²) in [4.78, 5) is 0. The molecular weight excluding hydrogens is 165 g/mol. The summed E-state index contributed by atoms with van der Waals surface area (Å²) in [5, 5.41) is 1.07. The SMILES string of the molecule is CC[n+]1c(F)ccc2ccccc21. The molecule has 0 fully saturated rings. The maximum atomic E-state index is 13.3. The third-order valence-corrected chi connectivity index (χ3v) is 2.20. The fourth-order valence-corrected chi connectivity index (χ4v) is 1.56. The van der Waals surface area contributed by atoms with Crippen molar-refractivity contribution in [1.29, 1.82) is 0 Å². The van der Waals surface area contributed by atoms with E-state index in [2.05, 4.69) is 0 Å². The largest absolute Gasteiger partial charge is 0.360 e. The quantitative estimate of drug-likeness (QED) is 0.463. The first kappa shape index (κ1) is 8.17. The Bertz CT molecular complexity index is 437. The number of pyridine rings is 1. The predicted molar refractivity (Wildman–Crippen MR) is 49.8 cm³/mol. The van der Waals surface area contributed by atoms with Crippen LogP contribution >= 0.6 is 0 Å². The number of aromatic nitrogens is 1. The second-order valence-corrected chi connectivity index (χ2v) is 2.96. The Morgan fingerprint density at radius 1 is 1.15 bits per heavy atom. The van der Waals surface area contributed by atoms with Gasteiger partial charge in [-0.3, -0.25) is 0 Å². The van der Waals surface area contributed by atoms with Crippen LogP contribution in [0, 0.1) is 5.95 Å². The van der Waals surface area contributed by atoms with Gasteiger partial charge in [-0.2, -0.15) is 4.57 Å². The number of aryl methyl sites for hydroxylation is 1. The third-order valence-electron chi connectivity index (χ3n) is 2.20. The lowest BCUT2D eigenvalue weighted by molar-refractivity contribution is -0.696. The molecule has 0 unspecified atom stereocenters. The first-order valence-electron chi connectivity index (χ1n) is 4.40. The van der Waals surface area contributed by atoms with Crippen LogP contribution in [0.1, 0.15) is 6.92 Å². The van der Waals surface area contributed by atoms with Crippen molar-refractivity contribution < 1.29 is 8.96 Å². The van der Waals surface area contributed by atoms with Gasteiger partial charge in [-0.15, -0.1) is 4.39 Å². The van der Waals surface area contributed by atoms with Crippen molar-refractivity contribution in [3.63, 3.8) is 0 Å². The van der Waals surface area contributed by atoms with Crippen molar-refractivity contribution in [3.05, 3.63) is 42.3 Å². The number of benzene rings is 1. The number of nitrogens with zero attached hydrogens (tertiary/aromatic N) is 1. The lowest BCUT2D eigenvalue weighted by atomic mass is 10.2. The zero-order valence-electron chi connectivity index (χ0n) is 7.50. The van der Waals surface area contributed by atoms with Gasteiger partial charge < -0.3 is 0 Å². The van der Waals surface area contributed by atoms with Gasteiger partial charge in [0.1, 0.15) is 6.54 Å². The monoisotopic (exact) mass is 176 g/mol. The molecule has 0 bridgehead atoms. The number of rotatable bonds is 1. The first-order chi connectivity index (χ1) is 6.33. The average Bonchev–Trinajstić information content (AvgIpc) is 2.18. The summed E-state index contributed by atoms with van der Waals surface area (Å²) in [5.41, 5.74) is 0.949. The van der Waals surface area contributed by atoms with Gasteiger partial charge in [0.2, 0.25) is 5.52 Å². The van der Waals surface area contributed by atoms with Crippen molar-refractivity contribution in [3.8, 4) is 0 Å². The van der Waals surface area contributed by atoms with Gasteiger partial charge in [0.05, 0.1) is 0 Å². The van der Waals surface area contributed by atoms with Crippen LogP contribution < -0.4 is 4.57 Å². The minimum atomic E-state index is -0.179. The molecule has 0 radical (unpaired) electrons. The highest BCUT2D eigenvalue weighted by Crippen LogP contribution is 2.09. The van der Waals surface area contributed by atoms with E-state index in [1.54, 1.807) is 10.6 Å². The molecule has 13 heavy (non-hydrogen) atoms. The molecule has 0 aliphatic carbocycles. The molecule has 1 nitrogen and oxygen atoms in total. The number of hydrogen-bond donors (Lipinski definition) is 0. The van der Waals surface area contributed by atoms with Crippen LogP contribution in [0.3, 0.4) is 0 Å².